The van der Waals surface area contributed by atoms with Crippen LogP contribution in [0.3, 0.4) is 0 Å². The van der Waals surface area contributed by atoms with Gasteiger partial charge in [-0.3, -0.25) is 28.9 Å². The van der Waals surface area contributed by atoms with Gasteiger partial charge in [0.15, 0.2) is 0 Å². The van der Waals surface area contributed by atoms with Gasteiger partial charge in [-0.2, -0.15) is 0 Å². The molecule has 0 aromatic heterocycles. The van der Waals surface area contributed by atoms with Crippen LogP contribution in [0, 0.1) is 0 Å². The third-order valence-corrected chi connectivity index (χ3v) is 3.24. The normalized spacial score (nSPS) is 16.7. The van der Waals surface area contributed by atoms with Gasteiger partial charge in [-0.05, 0) is 0 Å². The van der Waals surface area contributed by atoms with Gasteiger partial charge in [0, 0.05) is 25.7 Å². The zero-order valence-electron chi connectivity index (χ0n) is 14.0. The lowest BCUT2D eigenvalue weighted by Crippen LogP contribution is -2.33. The first-order chi connectivity index (χ1) is 12.9. The molecular formula is C14H16N2O11. The number of amides is 4. The Labute approximate surface area is 151 Å². The zero-order chi connectivity index (χ0) is 19.8. The Kier molecular flexibility index (Phi) is 7.05. The van der Waals surface area contributed by atoms with E-state index in [1.807, 2.05) is 0 Å². The van der Waals surface area contributed by atoms with Gasteiger partial charge in [0.1, 0.15) is 13.2 Å². The van der Waals surface area contributed by atoms with E-state index in [0.717, 1.165) is 0 Å². The molecule has 2 saturated heterocycles. The van der Waals surface area contributed by atoms with Crippen molar-refractivity contribution >= 4 is 35.9 Å². The van der Waals surface area contributed by atoms with E-state index in [1.165, 1.54) is 0 Å². The van der Waals surface area contributed by atoms with Crippen molar-refractivity contribution in [1.29, 1.82) is 0 Å². The van der Waals surface area contributed by atoms with Crippen LogP contribution >= 0.6 is 0 Å². The predicted molar refractivity (Wildman–Crippen MR) is 77.9 cm³/mol. The van der Waals surface area contributed by atoms with E-state index in [0.29, 0.717) is 10.1 Å². The van der Waals surface area contributed by atoms with Crippen LogP contribution in [0.2, 0.25) is 0 Å². The van der Waals surface area contributed by atoms with Crippen molar-refractivity contribution in [1.82, 2.24) is 10.1 Å². The highest BCUT2D eigenvalue weighted by atomic mass is 16.8. The molecular weight excluding hydrogens is 372 g/mol. The van der Waals surface area contributed by atoms with Crippen molar-refractivity contribution < 1.29 is 52.7 Å². The molecule has 13 nitrogen and oxygen atoms in total. The summed E-state index contributed by atoms with van der Waals surface area (Å²) in [5.74, 6) is -2.52. The molecule has 13 heteroatoms. The van der Waals surface area contributed by atoms with Crippen LogP contribution < -0.4 is 0 Å². The van der Waals surface area contributed by atoms with Crippen molar-refractivity contribution in [3.63, 3.8) is 0 Å². The highest BCUT2D eigenvalue weighted by molar-refractivity contribution is 6.01. The summed E-state index contributed by atoms with van der Waals surface area (Å²) in [7, 11) is 0. The Hall–Kier alpha value is -3.22. The fourth-order valence-corrected chi connectivity index (χ4v) is 1.99. The maximum absolute atomic E-state index is 11.3. The van der Waals surface area contributed by atoms with Crippen molar-refractivity contribution in [2.24, 2.45) is 0 Å². The molecule has 0 unspecified atom stereocenters. The summed E-state index contributed by atoms with van der Waals surface area (Å²) in [6, 6.07) is 0. The number of carbonyl (C=O) groups is 6. The summed E-state index contributed by atoms with van der Waals surface area (Å²) >= 11 is 0. The summed E-state index contributed by atoms with van der Waals surface area (Å²) in [6.45, 7) is -0.649. The second-order valence-corrected chi connectivity index (χ2v) is 5.16. The molecule has 0 N–H and O–H groups in total. The monoisotopic (exact) mass is 388 g/mol. The average molecular weight is 388 g/mol. The van der Waals surface area contributed by atoms with Crippen molar-refractivity contribution in [3.05, 3.63) is 0 Å². The van der Waals surface area contributed by atoms with E-state index in [2.05, 4.69) is 19.1 Å². The minimum Gasteiger partial charge on any atom is -0.430 e. The van der Waals surface area contributed by atoms with Crippen LogP contribution in [0.25, 0.3) is 0 Å². The number of nitrogens with zero attached hydrogens (tertiary/aromatic N) is 2. The third-order valence-electron chi connectivity index (χ3n) is 3.24. The maximum Gasteiger partial charge on any atom is 0.534 e. The molecule has 2 aliphatic rings. The molecule has 0 radical (unpaired) electrons. The van der Waals surface area contributed by atoms with E-state index >= 15 is 0 Å². The first-order valence-electron chi connectivity index (χ1n) is 7.87. The Balaban J connectivity index is 1.48. The van der Waals surface area contributed by atoms with E-state index in [9.17, 15) is 28.8 Å². The molecule has 0 bridgehead atoms. The van der Waals surface area contributed by atoms with Gasteiger partial charge >= 0.3 is 12.3 Å². The summed E-state index contributed by atoms with van der Waals surface area (Å²) in [4.78, 5) is 76.4. The zero-order valence-corrected chi connectivity index (χ0v) is 14.0. The van der Waals surface area contributed by atoms with E-state index < -0.39 is 35.9 Å². The first kappa shape index (κ1) is 20.1. The lowest BCUT2D eigenvalue weighted by Gasteiger charge is -2.13. The molecule has 0 spiro atoms. The summed E-state index contributed by atoms with van der Waals surface area (Å²) in [5, 5.41) is 0.691. The Bertz CT molecular complexity index is 561. The summed E-state index contributed by atoms with van der Waals surface area (Å²) in [5.41, 5.74) is 0. The molecule has 4 amide bonds. The maximum atomic E-state index is 11.3. The van der Waals surface area contributed by atoms with Gasteiger partial charge in [0.25, 0.3) is 23.6 Å². The minimum absolute atomic E-state index is 0.0300. The lowest BCUT2D eigenvalue weighted by molar-refractivity contribution is -0.177. The molecule has 2 rings (SSSR count). The molecule has 27 heavy (non-hydrogen) atoms. The Morgan fingerprint density at radius 3 is 1.30 bits per heavy atom. The van der Waals surface area contributed by atoms with Crippen molar-refractivity contribution in [3.8, 4) is 0 Å². The number of hydrogen-bond acceptors (Lipinski definition) is 11. The standard InChI is InChI=1S/C14H16N2O11/c17-9-1-2-10(18)15(9)26-13(21)24-7-5-23-6-8-25-14(22)27-16-11(19)3-4-12(16)20/h1-8H2. The van der Waals surface area contributed by atoms with Crippen LogP contribution in [-0.2, 0) is 43.1 Å². The van der Waals surface area contributed by atoms with Gasteiger partial charge in [-0.25, -0.2) is 9.59 Å². The first-order valence-corrected chi connectivity index (χ1v) is 7.87. The molecule has 0 aromatic rings. The molecule has 0 saturated carbocycles. The molecule has 2 heterocycles. The molecule has 0 aliphatic carbocycles. The number of hydrogen-bond donors (Lipinski definition) is 0. The van der Waals surface area contributed by atoms with Crippen LogP contribution in [0.5, 0.6) is 0 Å². The molecule has 0 aromatic carbocycles. The van der Waals surface area contributed by atoms with Crippen molar-refractivity contribution in [2.45, 2.75) is 25.7 Å². The fraction of sp³-hybridized carbons (Fsp3) is 0.571. The quantitative estimate of drug-likeness (QED) is 0.298. The number of carbonyl (C=O) groups excluding carboxylic acids is 6. The second kappa shape index (κ2) is 9.47. The van der Waals surface area contributed by atoms with Gasteiger partial charge in [-0.15, -0.1) is 0 Å². The molecule has 2 fully saturated rings. The van der Waals surface area contributed by atoms with Crippen LogP contribution in [0.1, 0.15) is 25.7 Å². The average Bonchev–Trinajstić information content (AvgIpc) is 3.11. The minimum atomic E-state index is -1.23. The molecule has 148 valence electrons. The largest absolute Gasteiger partial charge is 0.534 e. The van der Waals surface area contributed by atoms with Gasteiger partial charge < -0.3 is 14.2 Å². The van der Waals surface area contributed by atoms with E-state index in [4.69, 9.17) is 4.74 Å². The number of hydroxylamine groups is 4. The second-order valence-electron chi connectivity index (χ2n) is 5.16. The summed E-state index contributed by atoms with van der Waals surface area (Å²) in [6.07, 6.45) is -2.59. The van der Waals surface area contributed by atoms with Gasteiger partial charge in [-0.1, -0.05) is 10.1 Å². The Morgan fingerprint density at radius 1 is 0.630 bits per heavy atom. The predicted octanol–water partition coefficient (Wildman–Crippen LogP) is -0.563. The van der Waals surface area contributed by atoms with E-state index in [1.54, 1.807) is 0 Å². The highest BCUT2D eigenvalue weighted by Gasteiger charge is 2.34. The number of ether oxygens (including phenoxy) is 3. The topological polar surface area (TPSA) is 155 Å². The lowest BCUT2D eigenvalue weighted by atomic mass is 10.4. The molecule has 2 aliphatic heterocycles. The van der Waals surface area contributed by atoms with Crippen LogP contribution in [0.4, 0.5) is 9.59 Å². The fourth-order valence-electron chi connectivity index (χ4n) is 1.99. The van der Waals surface area contributed by atoms with Gasteiger partial charge in [0.05, 0.1) is 13.2 Å². The van der Waals surface area contributed by atoms with Crippen LogP contribution in [0.15, 0.2) is 0 Å². The smallest absolute Gasteiger partial charge is 0.430 e. The third kappa shape index (κ3) is 5.91. The Morgan fingerprint density at radius 2 is 0.963 bits per heavy atom. The van der Waals surface area contributed by atoms with Crippen molar-refractivity contribution in [2.75, 3.05) is 26.4 Å². The number of imide groups is 2. The SMILES string of the molecule is O=C(OCCOCCOC(=O)ON1C(=O)CCC1=O)ON1C(=O)CCC1=O. The number of rotatable bonds is 8. The van der Waals surface area contributed by atoms with E-state index in [-0.39, 0.29) is 52.1 Å². The molecule has 0 atom stereocenters. The highest BCUT2D eigenvalue weighted by Crippen LogP contribution is 2.13. The summed E-state index contributed by atoms with van der Waals surface area (Å²) < 4.78 is 14.2. The van der Waals surface area contributed by atoms with Gasteiger partial charge in [0.2, 0.25) is 0 Å². The van der Waals surface area contributed by atoms with Crippen LogP contribution in [-0.4, -0.2) is 72.5 Å².